The highest BCUT2D eigenvalue weighted by Crippen LogP contribution is 2.32. The van der Waals surface area contributed by atoms with E-state index in [0.29, 0.717) is 41.2 Å². The lowest BCUT2D eigenvalue weighted by atomic mass is 9.94. The van der Waals surface area contributed by atoms with Crippen molar-refractivity contribution in [1.82, 2.24) is 14.2 Å². The van der Waals surface area contributed by atoms with Crippen LogP contribution in [0.5, 0.6) is 0 Å². The topological polar surface area (TPSA) is 90.6 Å². The number of piperazine rings is 1. The van der Waals surface area contributed by atoms with Gasteiger partial charge in [0.2, 0.25) is 10.0 Å². The van der Waals surface area contributed by atoms with Gasteiger partial charge in [-0.25, -0.2) is 8.42 Å². The molecule has 0 atom stereocenters. The van der Waals surface area contributed by atoms with Crippen LogP contribution in [0.15, 0.2) is 4.90 Å². The van der Waals surface area contributed by atoms with Crippen molar-refractivity contribution in [3.63, 3.8) is 0 Å². The lowest BCUT2D eigenvalue weighted by Crippen LogP contribution is -2.50. The summed E-state index contributed by atoms with van der Waals surface area (Å²) in [5, 5.41) is 0. The smallest absolute Gasteiger partial charge is 0.270 e. The van der Waals surface area contributed by atoms with Crippen molar-refractivity contribution in [2.75, 3.05) is 26.2 Å². The Hall–Kier alpha value is -2.45. The normalized spacial score (nSPS) is 17.4. The summed E-state index contributed by atoms with van der Waals surface area (Å²) in [6.45, 7) is 12.7. The van der Waals surface area contributed by atoms with Gasteiger partial charge in [-0.3, -0.25) is 9.59 Å². The molecule has 1 saturated heterocycles. The Kier molecular flexibility index (Phi) is 6.03. The number of fused-ring (bicyclic) bond motifs is 1. The highest BCUT2D eigenvalue weighted by molar-refractivity contribution is 7.89. The van der Waals surface area contributed by atoms with Crippen LogP contribution in [-0.4, -0.2) is 60.5 Å². The Morgan fingerprint density at radius 2 is 1.33 bits per heavy atom. The van der Waals surface area contributed by atoms with Gasteiger partial charge in [0.05, 0.1) is 4.90 Å². The fraction of sp³-hybridized carbons (Fsp3) is 0.520. The molecule has 1 aromatic heterocycles. The molecule has 0 radical (unpaired) electrons. The van der Waals surface area contributed by atoms with E-state index >= 15 is 0 Å². The van der Waals surface area contributed by atoms with Crippen LogP contribution in [0.4, 0.5) is 0 Å². The van der Waals surface area contributed by atoms with Gasteiger partial charge < -0.3 is 9.88 Å². The van der Waals surface area contributed by atoms with E-state index in [9.17, 15) is 18.0 Å². The van der Waals surface area contributed by atoms with E-state index in [2.05, 4.69) is 4.98 Å². The highest BCUT2D eigenvalue weighted by atomic mass is 32.2. The van der Waals surface area contributed by atoms with Crippen LogP contribution < -0.4 is 0 Å². The molecule has 1 N–H and O–H groups in total. The molecule has 2 aliphatic rings. The third kappa shape index (κ3) is 3.73. The molecule has 0 saturated carbocycles. The van der Waals surface area contributed by atoms with E-state index in [1.807, 2.05) is 41.5 Å². The van der Waals surface area contributed by atoms with Crippen LogP contribution >= 0.6 is 0 Å². The quantitative estimate of drug-likeness (QED) is 0.741. The number of hydrogen-bond acceptors (Lipinski definition) is 4. The molecule has 178 valence electrons. The van der Waals surface area contributed by atoms with E-state index < -0.39 is 10.0 Å². The van der Waals surface area contributed by atoms with Gasteiger partial charge >= 0.3 is 0 Å². The maximum Gasteiger partial charge on any atom is 0.270 e. The number of amides is 1. The van der Waals surface area contributed by atoms with E-state index in [0.717, 1.165) is 46.4 Å². The molecule has 1 aliphatic carbocycles. The van der Waals surface area contributed by atoms with Crippen LogP contribution in [0.1, 0.15) is 72.8 Å². The third-order valence-electron chi connectivity index (χ3n) is 7.71. The van der Waals surface area contributed by atoms with Crippen molar-refractivity contribution in [2.24, 2.45) is 0 Å². The largest absolute Gasteiger partial charge is 0.354 e. The fourth-order valence-electron chi connectivity index (χ4n) is 5.26. The predicted octanol–water partition coefficient (Wildman–Crippen LogP) is 3.53. The van der Waals surface area contributed by atoms with Gasteiger partial charge in [0.15, 0.2) is 5.78 Å². The second kappa shape index (κ2) is 8.40. The number of H-pyrrole nitrogens is 1. The summed E-state index contributed by atoms with van der Waals surface area (Å²) in [6, 6.07) is 0. The highest BCUT2D eigenvalue weighted by Gasteiger charge is 2.35. The Morgan fingerprint density at radius 3 is 1.88 bits per heavy atom. The average molecular weight is 472 g/mol. The molecule has 1 aliphatic heterocycles. The van der Waals surface area contributed by atoms with Gasteiger partial charge in [0.25, 0.3) is 5.91 Å². The van der Waals surface area contributed by atoms with Crippen LogP contribution in [-0.2, 0) is 16.4 Å². The molecule has 0 unspecified atom stereocenters. The van der Waals surface area contributed by atoms with Gasteiger partial charge in [0.1, 0.15) is 5.69 Å². The van der Waals surface area contributed by atoms with E-state index in [4.69, 9.17) is 0 Å². The molecule has 2 heterocycles. The minimum Gasteiger partial charge on any atom is -0.354 e. The molecule has 0 spiro atoms. The van der Waals surface area contributed by atoms with Gasteiger partial charge in [-0.15, -0.1) is 0 Å². The standard InChI is InChI=1S/C25H33N3O4S/c1-14-15(2)17(4)24(18(5)16(14)3)33(31,32)28-12-10-27(11-13-28)25(30)23-19(6)22-20(26-23)8-7-9-21(22)29/h26H,7-13H2,1-6H3. The average Bonchev–Trinajstić information content (AvgIpc) is 3.13. The summed E-state index contributed by atoms with van der Waals surface area (Å²) in [5.74, 6) is -0.0736. The van der Waals surface area contributed by atoms with Gasteiger partial charge in [-0.1, -0.05) is 0 Å². The van der Waals surface area contributed by atoms with Crippen molar-refractivity contribution in [2.45, 2.75) is 65.7 Å². The van der Waals surface area contributed by atoms with Gasteiger partial charge in [0, 0.05) is 43.9 Å². The Morgan fingerprint density at radius 1 is 0.788 bits per heavy atom. The number of Topliss-reactive ketones (excluding diaryl/α,β-unsaturated/α-hetero) is 1. The molecule has 33 heavy (non-hydrogen) atoms. The Balaban J connectivity index is 1.56. The van der Waals surface area contributed by atoms with Crippen LogP contribution in [0.2, 0.25) is 0 Å². The number of benzene rings is 1. The van der Waals surface area contributed by atoms with E-state index in [1.54, 1.807) is 4.90 Å². The third-order valence-corrected chi connectivity index (χ3v) is 9.88. The van der Waals surface area contributed by atoms with Crippen LogP contribution in [0.3, 0.4) is 0 Å². The van der Waals surface area contributed by atoms with Crippen molar-refractivity contribution >= 4 is 21.7 Å². The number of sulfonamides is 1. The number of ketones is 1. The SMILES string of the molecule is Cc1c(C)c(C)c(S(=O)(=O)N2CCN(C(=O)c3[nH]c4c(c3C)C(=O)CCC4)CC2)c(C)c1C. The number of nitrogens with zero attached hydrogens (tertiary/aromatic N) is 2. The first kappa shape index (κ1) is 23.7. The summed E-state index contributed by atoms with van der Waals surface area (Å²) in [4.78, 5) is 30.8. The molecule has 8 heteroatoms. The molecular weight excluding hydrogens is 438 g/mol. The molecule has 2 aromatic rings. The number of nitrogens with one attached hydrogen (secondary N) is 1. The zero-order valence-corrected chi connectivity index (χ0v) is 21.2. The van der Waals surface area contributed by atoms with Crippen LogP contribution in [0.25, 0.3) is 0 Å². The van der Waals surface area contributed by atoms with Crippen molar-refractivity contribution in [1.29, 1.82) is 0 Å². The minimum atomic E-state index is -3.67. The maximum atomic E-state index is 13.6. The Bertz CT molecular complexity index is 1240. The fourth-order valence-corrected chi connectivity index (χ4v) is 7.24. The monoisotopic (exact) mass is 471 g/mol. The summed E-state index contributed by atoms with van der Waals surface area (Å²) < 4.78 is 28.7. The van der Waals surface area contributed by atoms with Gasteiger partial charge in [-0.2, -0.15) is 4.31 Å². The molecule has 7 nitrogen and oxygen atoms in total. The molecule has 1 amide bonds. The summed E-state index contributed by atoms with van der Waals surface area (Å²) in [7, 11) is -3.67. The van der Waals surface area contributed by atoms with Crippen LogP contribution in [0, 0.1) is 41.5 Å². The molecule has 4 rings (SSSR count). The minimum absolute atomic E-state index is 0.0920. The van der Waals surface area contributed by atoms with Gasteiger partial charge in [-0.05, 0) is 87.8 Å². The lowest BCUT2D eigenvalue weighted by molar-refractivity contribution is 0.0691. The summed E-state index contributed by atoms with van der Waals surface area (Å²) in [6.07, 6.45) is 2.09. The number of hydrogen-bond donors (Lipinski definition) is 1. The second-order valence-corrected chi connectivity index (χ2v) is 11.3. The molecular formula is C25H33N3O4S. The number of rotatable bonds is 3. The number of aryl methyl sites for hydroxylation is 1. The lowest BCUT2D eigenvalue weighted by Gasteiger charge is -2.35. The van der Waals surface area contributed by atoms with E-state index in [-0.39, 0.29) is 24.8 Å². The first-order valence-corrected chi connectivity index (χ1v) is 13.0. The van der Waals surface area contributed by atoms with Crippen molar-refractivity contribution in [3.8, 4) is 0 Å². The van der Waals surface area contributed by atoms with Crippen molar-refractivity contribution in [3.05, 3.63) is 50.3 Å². The number of aromatic amines is 1. The van der Waals surface area contributed by atoms with Crippen molar-refractivity contribution < 1.29 is 18.0 Å². The first-order chi connectivity index (χ1) is 15.5. The number of carbonyl (C=O) groups is 2. The molecule has 1 aromatic carbocycles. The molecule has 1 fully saturated rings. The predicted molar refractivity (Wildman–Crippen MR) is 128 cm³/mol. The summed E-state index contributed by atoms with van der Waals surface area (Å²) >= 11 is 0. The number of carbonyl (C=O) groups excluding carboxylic acids is 2. The zero-order valence-electron chi connectivity index (χ0n) is 20.4. The first-order valence-electron chi connectivity index (χ1n) is 11.6. The maximum absolute atomic E-state index is 13.6. The van der Waals surface area contributed by atoms with E-state index in [1.165, 1.54) is 4.31 Å². The number of aromatic nitrogens is 1. The molecule has 0 bridgehead atoms. The summed E-state index contributed by atoms with van der Waals surface area (Å²) in [5.41, 5.74) is 7.43. The second-order valence-electron chi connectivity index (χ2n) is 9.41. The Labute approximate surface area is 196 Å². The zero-order chi connectivity index (χ0) is 24.2.